The van der Waals surface area contributed by atoms with Crippen LogP contribution in [0.2, 0.25) is 10.0 Å². The van der Waals surface area contributed by atoms with Crippen molar-refractivity contribution in [2.45, 2.75) is 32.1 Å². The van der Waals surface area contributed by atoms with E-state index in [1.165, 1.54) is 0 Å². The largest absolute Gasteiger partial charge is 0.493 e. The van der Waals surface area contributed by atoms with Gasteiger partial charge in [0.25, 0.3) is 0 Å². The molecule has 1 aromatic rings. The molecule has 0 unspecified atom stereocenters. The van der Waals surface area contributed by atoms with Crippen molar-refractivity contribution in [3.05, 3.63) is 47.3 Å². The van der Waals surface area contributed by atoms with Gasteiger partial charge in [0.1, 0.15) is 5.75 Å². The number of allylic oxidation sites excluding steroid dienone is 2. The van der Waals surface area contributed by atoms with Gasteiger partial charge in [-0.15, -0.1) is 0 Å². The van der Waals surface area contributed by atoms with Gasteiger partial charge in [-0.1, -0.05) is 54.0 Å². The molecule has 0 N–H and O–H groups in total. The molecule has 5 heteroatoms. The molecule has 0 aromatic heterocycles. The van der Waals surface area contributed by atoms with Gasteiger partial charge >= 0.3 is 0 Å². The van der Waals surface area contributed by atoms with Crippen molar-refractivity contribution in [1.29, 1.82) is 0 Å². The van der Waals surface area contributed by atoms with Crippen LogP contribution in [0.1, 0.15) is 32.1 Å². The van der Waals surface area contributed by atoms with Gasteiger partial charge in [-0.2, -0.15) is 6.42 Å². The Morgan fingerprint density at radius 2 is 1.91 bits per heavy atom. The normalized spacial score (nSPS) is 20.7. The van der Waals surface area contributed by atoms with Crippen LogP contribution in [0.15, 0.2) is 30.4 Å². The number of benzene rings is 1. The topological polar surface area (TPSA) is 9.23 Å². The number of ether oxygens (including phenoxy) is 1. The standard InChI is InChI=1S/C18H21Cl2OS.Y/c1-2-3-4-5-6-13-7-8-18(22)17(13)12-21-16-10-14(19)9-15(20)11-16;/h4-5,9-11,13,17H,1-3,6-8,12H2;/q-1;/b5-4-;/t13-,17+;/m0./s1. The van der Waals surface area contributed by atoms with Gasteiger partial charge in [-0.05, 0) is 48.2 Å². The molecule has 1 aliphatic rings. The minimum absolute atomic E-state index is 0. The van der Waals surface area contributed by atoms with Crippen LogP contribution in [-0.2, 0) is 32.7 Å². The summed E-state index contributed by atoms with van der Waals surface area (Å²) in [6.45, 7) is 4.45. The summed E-state index contributed by atoms with van der Waals surface area (Å²) < 4.78 is 5.89. The van der Waals surface area contributed by atoms with Crippen LogP contribution >= 0.6 is 35.4 Å². The molecule has 1 nitrogen and oxygen atoms in total. The number of hydrogen-bond acceptors (Lipinski definition) is 2. The van der Waals surface area contributed by atoms with Crippen LogP contribution in [0.25, 0.3) is 0 Å². The Bertz CT molecular complexity index is 528. The van der Waals surface area contributed by atoms with Gasteiger partial charge in [0.05, 0.1) is 6.61 Å². The zero-order valence-corrected chi connectivity index (χ0v) is 18.3. The molecule has 0 amide bonds. The molecule has 1 radical (unpaired) electrons. The van der Waals surface area contributed by atoms with Crippen LogP contribution in [0.3, 0.4) is 0 Å². The maximum atomic E-state index is 6.00. The molecule has 1 aromatic carbocycles. The maximum absolute atomic E-state index is 6.00. The predicted molar refractivity (Wildman–Crippen MR) is 99.1 cm³/mol. The van der Waals surface area contributed by atoms with E-state index in [4.69, 9.17) is 40.2 Å². The smallest absolute Gasteiger partial charge is 0.122 e. The summed E-state index contributed by atoms with van der Waals surface area (Å²) in [5, 5.41) is 1.17. The van der Waals surface area contributed by atoms with Gasteiger partial charge < -0.3 is 11.7 Å². The molecule has 2 rings (SSSR count). The molecule has 0 saturated heterocycles. The van der Waals surface area contributed by atoms with E-state index in [0.717, 1.165) is 37.0 Å². The van der Waals surface area contributed by atoms with Gasteiger partial charge in [0.15, 0.2) is 0 Å². The minimum Gasteiger partial charge on any atom is -0.493 e. The molecule has 0 heterocycles. The second-order valence-corrected chi connectivity index (χ2v) is 7.03. The van der Waals surface area contributed by atoms with Crippen molar-refractivity contribution in [3.63, 3.8) is 0 Å². The molecule has 0 bridgehead atoms. The summed E-state index contributed by atoms with van der Waals surface area (Å²) in [6, 6.07) is 5.27. The zero-order valence-electron chi connectivity index (χ0n) is 13.1. The number of rotatable bonds is 7. The van der Waals surface area contributed by atoms with Gasteiger partial charge in [-0.25, -0.2) is 0 Å². The van der Waals surface area contributed by atoms with E-state index in [2.05, 4.69) is 19.1 Å². The van der Waals surface area contributed by atoms with Crippen molar-refractivity contribution >= 4 is 40.3 Å². The van der Waals surface area contributed by atoms with E-state index in [-0.39, 0.29) is 32.7 Å². The van der Waals surface area contributed by atoms with E-state index in [0.29, 0.717) is 34.2 Å². The van der Waals surface area contributed by atoms with E-state index in [1.54, 1.807) is 18.2 Å². The van der Waals surface area contributed by atoms with Gasteiger partial charge in [-0.3, -0.25) is 0 Å². The van der Waals surface area contributed by atoms with Crippen molar-refractivity contribution in [1.82, 2.24) is 0 Å². The van der Waals surface area contributed by atoms with Crippen LogP contribution in [-0.4, -0.2) is 11.5 Å². The van der Waals surface area contributed by atoms with Crippen LogP contribution < -0.4 is 4.74 Å². The molecule has 1 saturated carbocycles. The molecular formula is C18H21Cl2OSY-. The molecule has 123 valence electrons. The monoisotopic (exact) mass is 444 g/mol. The van der Waals surface area contributed by atoms with Gasteiger partial charge in [0, 0.05) is 48.7 Å². The summed E-state index contributed by atoms with van der Waals surface area (Å²) in [5.41, 5.74) is 0. The molecule has 0 spiro atoms. The second kappa shape index (κ2) is 11.2. The fourth-order valence-electron chi connectivity index (χ4n) is 2.79. The fourth-order valence-corrected chi connectivity index (χ4v) is 3.68. The van der Waals surface area contributed by atoms with E-state index < -0.39 is 0 Å². The number of unbranched alkanes of at least 4 members (excludes halogenated alkanes) is 1. The number of halogens is 2. The number of thiocarbonyl (C=S) groups is 1. The van der Waals surface area contributed by atoms with Crippen LogP contribution in [0.5, 0.6) is 5.75 Å². The fraction of sp³-hybridized carbons (Fsp3) is 0.444. The second-order valence-electron chi connectivity index (χ2n) is 5.64. The third-order valence-corrected chi connectivity index (χ3v) is 4.93. The van der Waals surface area contributed by atoms with E-state index in [9.17, 15) is 0 Å². The molecule has 23 heavy (non-hydrogen) atoms. The van der Waals surface area contributed by atoms with Crippen molar-refractivity contribution in [3.8, 4) is 5.75 Å². The average molecular weight is 445 g/mol. The van der Waals surface area contributed by atoms with Crippen LogP contribution in [0.4, 0.5) is 0 Å². The predicted octanol–water partition coefficient (Wildman–Crippen LogP) is 6.33. The van der Waals surface area contributed by atoms with Crippen molar-refractivity contribution in [2.24, 2.45) is 11.8 Å². The Morgan fingerprint density at radius 3 is 2.57 bits per heavy atom. The Hall–Kier alpha value is 0.534. The average Bonchev–Trinajstić information content (AvgIpc) is 2.81. The minimum atomic E-state index is 0. The first-order valence-corrected chi connectivity index (χ1v) is 8.82. The SMILES string of the molecule is [CH2-]CC/C=C\C[C@H]1CCC(=S)[C@@H]1COc1cc(Cl)cc(Cl)c1.[Y]. The first-order valence-electron chi connectivity index (χ1n) is 7.66. The molecular weight excluding hydrogens is 424 g/mol. The van der Waals surface area contributed by atoms with Crippen molar-refractivity contribution < 1.29 is 37.4 Å². The molecule has 1 aliphatic carbocycles. The molecule has 2 atom stereocenters. The summed E-state index contributed by atoms with van der Waals surface area (Å²) in [4.78, 5) is 1.13. The third-order valence-electron chi connectivity index (χ3n) is 3.99. The first-order chi connectivity index (χ1) is 10.6. The third kappa shape index (κ3) is 7.12. The Kier molecular flexibility index (Phi) is 10.5. The number of hydrogen-bond donors (Lipinski definition) is 0. The summed E-state index contributed by atoms with van der Waals surface area (Å²) >= 11 is 17.5. The Balaban J connectivity index is 0.00000264. The molecule has 1 fully saturated rings. The van der Waals surface area contributed by atoms with Gasteiger partial charge in [0.2, 0.25) is 0 Å². The summed E-state index contributed by atoms with van der Waals surface area (Å²) in [7, 11) is 0. The molecule has 0 aliphatic heterocycles. The van der Waals surface area contributed by atoms with E-state index in [1.807, 2.05) is 0 Å². The van der Waals surface area contributed by atoms with Crippen LogP contribution in [0, 0.1) is 18.8 Å². The Labute approximate surface area is 180 Å². The summed E-state index contributed by atoms with van der Waals surface area (Å²) in [5.74, 6) is 1.61. The van der Waals surface area contributed by atoms with E-state index >= 15 is 0 Å². The Morgan fingerprint density at radius 1 is 1.22 bits per heavy atom. The summed E-state index contributed by atoms with van der Waals surface area (Å²) in [6.07, 6.45) is 9.69. The first kappa shape index (κ1) is 21.6. The van der Waals surface area contributed by atoms with Crippen molar-refractivity contribution in [2.75, 3.05) is 6.61 Å². The zero-order chi connectivity index (χ0) is 15.9. The maximum Gasteiger partial charge on any atom is 0.122 e. The quantitative estimate of drug-likeness (QED) is 0.276.